The molecule has 0 radical (unpaired) electrons. The first-order valence-electron chi connectivity index (χ1n) is 5.83. The Kier molecular flexibility index (Phi) is 3.61. The number of aromatic nitrogens is 2. The zero-order valence-corrected chi connectivity index (χ0v) is 10.6. The lowest BCUT2D eigenvalue weighted by atomic mass is 10.3. The predicted molar refractivity (Wildman–Crippen MR) is 66.1 cm³/mol. The second-order valence-corrected chi connectivity index (χ2v) is 4.26. The minimum Gasteiger partial charge on any atom is -0.330 e. The zero-order valence-electron chi connectivity index (χ0n) is 10.6. The molecule has 2 rings (SSSR count). The number of carbonyl (C=O) groups is 2. The summed E-state index contributed by atoms with van der Waals surface area (Å²) in [6, 6.07) is 0. The molecule has 2 amide bonds. The van der Waals surface area contributed by atoms with Gasteiger partial charge in [0.1, 0.15) is 6.54 Å². The third kappa shape index (κ3) is 2.51. The summed E-state index contributed by atoms with van der Waals surface area (Å²) in [4.78, 5) is 26.9. The van der Waals surface area contributed by atoms with Crippen molar-refractivity contribution in [2.45, 2.75) is 0 Å². The number of nitrogens with one attached hydrogen (secondary N) is 1. The number of carbonyl (C=O) groups excluding carboxylic acids is 2. The molecular weight excluding hydrogens is 234 g/mol. The van der Waals surface area contributed by atoms with Gasteiger partial charge in [0, 0.05) is 26.3 Å². The molecule has 1 fully saturated rings. The number of nitrogens with zero attached hydrogens (tertiary/aromatic N) is 4. The summed E-state index contributed by atoms with van der Waals surface area (Å²) in [7, 11) is 3.52. The number of hydrogen-bond donors (Lipinski definition) is 1. The zero-order chi connectivity index (χ0) is 13.1. The van der Waals surface area contributed by atoms with Gasteiger partial charge in [0.25, 0.3) is 0 Å². The number of aryl methyl sites for hydroxylation is 1. The highest BCUT2D eigenvalue weighted by Crippen LogP contribution is 2.15. The van der Waals surface area contributed by atoms with Gasteiger partial charge in [0.2, 0.25) is 11.8 Å². The van der Waals surface area contributed by atoms with Gasteiger partial charge in [0.05, 0.1) is 18.4 Å². The maximum Gasteiger partial charge on any atom is 0.246 e. The first kappa shape index (κ1) is 12.6. The summed E-state index contributed by atoms with van der Waals surface area (Å²) in [6.07, 6.45) is 3.45. The Balaban J connectivity index is 2.01. The SMILES string of the molecule is CNCC(=O)N1CCN(c2cnn(C)c2)C(=O)C1. The van der Waals surface area contributed by atoms with Gasteiger partial charge in [-0.2, -0.15) is 5.10 Å². The molecule has 0 atom stereocenters. The lowest BCUT2D eigenvalue weighted by Crippen LogP contribution is -2.53. The fraction of sp³-hybridized carbons (Fsp3) is 0.545. The van der Waals surface area contributed by atoms with Crippen molar-refractivity contribution in [1.82, 2.24) is 20.0 Å². The van der Waals surface area contributed by atoms with Gasteiger partial charge in [-0.15, -0.1) is 0 Å². The highest BCUT2D eigenvalue weighted by molar-refractivity contribution is 5.97. The molecule has 0 aromatic carbocycles. The minimum atomic E-state index is -0.0706. The van der Waals surface area contributed by atoms with Crippen LogP contribution >= 0.6 is 0 Å². The standard InChI is InChI=1S/C11H17N5O2/c1-12-6-10(17)15-3-4-16(11(18)8-15)9-5-13-14(2)7-9/h5,7,12H,3-4,6,8H2,1-2H3. The topological polar surface area (TPSA) is 70.5 Å². The molecule has 0 unspecified atom stereocenters. The van der Waals surface area contributed by atoms with E-state index < -0.39 is 0 Å². The van der Waals surface area contributed by atoms with Crippen molar-refractivity contribution in [3.63, 3.8) is 0 Å². The molecule has 1 aromatic heterocycles. The summed E-state index contributed by atoms with van der Waals surface area (Å²) in [5.74, 6) is -0.115. The van der Waals surface area contributed by atoms with E-state index in [9.17, 15) is 9.59 Å². The second-order valence-electron chi connectivity index (χ2n) is 4.26. The first-order chi connectivity index (χ1) is 8.61. The maximum absolute atomic E-state index is 12.0. The fourth-order valence-electron chi connectivity index (χ4n) is 1.97. The molecule has 0 spiro atoms. The predicted octanol–water partition coefficient (Wildman–Crippen LogP) is -1.19. The molecule has 1 aliphatic heterocycles. The van der Waals surface area contributed by atoms with Crippen molar-refractivity contribution in [1.29, 1.82) is 0 Å². The van der Waals surface area contributed by atoms with Gasteiger partial charge < -0.3 is 15.1 Å². The van der Waals surface area contributed by atoms with E-state index in [1.165, 1.54) is 0 Å². The van der Waals surface area contributed by atoms with Gasteiger partial charge in [-0.05, 0) is 7.05 Å². The summed E-state index contributed by atoms with van der Waals surface area (Å²) in [5.41, 5.74) is 0.781. The Morgan fingerprint density at radius 3 is 2.83 bits per heavy atom. The number of piperazine rings is 1. The van der Waals surface area contributed by atoms with E-state index in [0.29, 0.717) is 13.1 Å². The number of rotatable bonds is 3. The Hall–Kier alpha value is -1.89. The first-order valence-corrected chi connectivity index (χ1v) is 5.83. The van der Waals surface area contributed by atoms with Crippen LogP contribution in [0.4, 0.5) is 5.69 Å². The van der Waals surface area contributed by atoms with E-state index in [2.05, 4.69) is 10.4 Å². The van der Waals surface area contributed by atoms with Crippen LogP contribution in [-0.2, 0) is 16.6 Å². The highest BCUT2D eigenvalue weighted by atomic mass is 16.2. The Morgan fingerprint density at radius 1 is 1.50 bits per heavy atom. The van der Waals surface area contributed by atoms with E-state index in [-0.39, 0.29) is 24.9 Å². The molecule has 98 valence electrons. The van der Waals surface area contributed by atoms with Gasteiger partial charge in [-0.3, -0.25) is 14.3 Å². The number of amides is 2. The van der Waals surface area contributed by atoms with Crippen LogP contribution in [0.3, 0.4) is 0 Å². The molecule has 1 N–H and O–H groups in total. The maximum atomic E-state index is 12.0. The van der Waals surface area contributed by atoms with E-state index in [0.717, 1.165) is 5.69 Å². The van der Waals surface area contributed by atoms with Crippen molar-refractivity contribution >= 4 is 17.5 Å². The monoisotopic (exact) mass is 251 g/mol. The van der Waals surface area contributed by atoms with Crippen molar-refractivity contribution in [2.75, 3.05) is 38.1 Å². The van der Waals surface area contributed by atoms with E-state index in [4.69, 9.17) is 0 Å². The molecule has 1 aromatic rings. The van der Waals surface area contributed by atoms with E-state index in [1.807, 2.05) is 0 Å². The normalized spacial score (nSPS) is 16.2. The van der Waals surface area contributed by atoms with E-state index >= 15 is 0 Å². The summed E-state index contributed by atoms with van der Waals surface area (Å²) < 4.78 is 1.65. The van der Waals surface area contributed by atoms with Crippen molar-refractivity contribution in [3.8, 4) is 0 Å². The Bertz CT molecular complexity index is 456. The lowest BCUT2D eigenvalue weighted by Gasteiger charge is -2.33. The summed E-state index contributed by atoms with van der Waals surface area (Å²) in [5, 5.41) is 6.84. The summed E-state index contributed by atoms with van der Waals surface area (Å²) >= 11 is 0. The van der Waals surface area contributed by atoms with Gasteiger partial charge >= 0.3 is 0 Å². The largest absolute Gasteiger partial charge is 0.330 e. The van der Waals surface area contributed by atoms with Crippen LogP contribution in [0.1, 0.15) is 0 Å². The van der Waals surface area contributed by atoms with Gasteiger partial charge in [-0.25, -0.2) is 0 Å². The molecule has 7 nitrogen and oxygen atoms in total. The molecule has 18 heavy (non-hydrogen) atoms. The van der Waals surface area contributed by atoms with Crippen molar-refractivity contribution in [3.05, 3.63) is 12.4 Å². The van der Waals surface area contributed by atoms with Gasteiger partial charge in [-0.1, -0.05) is 0 Å². The van der Waals surface area contributed by atoms with Gasteiger partial charge in [0.15, 0.2) is 0 Å². The number of hydrogen-bond acceptors (Lipinski definition) is 4. The molecule has 0 saturated carbocycles. The lowest BCUT2D eigenvalue weighted by molar-refractivity contribution is -0.136. The molecule has 1 aliphatic rings. The van der Waals surface area contributed by atoms with Crippen molar-refractivity contribution < 1.29 is 9.59 Å². The number of anilines is 1. The van der Waals surface area contributed by atoms with Crippen LogP contribution in [0.15, 0.2) is 12.4 Å². The average Bonchev–Trinajstić information content (AvgIpc) is 2.76. The van der Waals surface area contributed by atoms with Crippen LogP contribution in [0.25, 0.3) is 0 Å². The Labute approximate surface area is 105 Å². The molecule has 0 aliphatic carbocycles. The van der Waals surface area contributed by atoms with Crippen LogP contribution in [-0.4, -0.2) is 59.7 Å². The molecular formula is C11H17N5O2. The minimum absolute atomic E-state index is 0.0447. The van der Waals surface area contributed by atoms with Crippen molar-refractivity contribution in [2.24, 2.45) is 7.05 Å². The quantitative estimate of drug-likeness (QED) is 0.733. The Morgan fingerprint density at radius 2 is 2.28 bits per heavy atom. The third-order valence-corrected chi connectivity index (χ3v) is 2.90. The van der Waals surface area contributed by atoms with Crippen LogP contribution < -0.4 is 10.2 Å². The average molecular weight is 251 g/mol. The van der Waals surface area contributed by atoms with Crippen LogP contribution in [0, 0.1) is 0 Å². The molecule has 0 bridgehead atoms. The highest BCUT2D eigenvalue weighted by Gasteiger charge is 2.28. The molecule has 1 saturated heterocycles. The second kappa shape index (κ2) is 5.18. The summed E-state index contributed by atoms with van der Waals surface area (Å²) in [6.45, 7) is 1.47. The smallest absolute Gasteiger partial charge is 0.246 e. The fourth-order valence-corrected chi connectivity index (χ4v) is 1.97. The number of likely N-dealkylation sites (N-methyl/N-ethyl adjacent to an activating group) is 1. The van der Waals surface area contributed by atoms with Crippen LogP contribution in [0.5, 0.6) is 0 Å². The van der Waals surface area contributed by atoms with Crippen LogP contribution in [0.2, 0.25) is 0 Å². The van der Waals surface area contributed by atoms with E-state index in [1.54, 1.807) is 41.0 Å². The molecule has 7 heteroatoms. The molecule has 2 heterocycles. The third-order valence-electron chi connectivity index (χ3n) is 2.90.